The molecule has 0 radical (unpaired) electrons. The number of thioether (sulfide) groups is 1. The number of aliphatic hydroxyl groups excluding tert-OH is 2. The van der Waals surface area contributed by atoms with Gasteiger partial charge in [-0.1, -0.05) is 0 Å². The van der Waals surface area contributed by atoms with Gasteiger partial charge in [-0.2, -0.15) is 0 Å². The molecule has 15 heteroatoms. The molecule has 0 bridgehead atoms. The quantitative estimate of drug-likeness (QED) is 0.290. The van der Waals surface area contributed by atoms with E-state index in [4.69, 9.17) is 28.4 Å². The van der Waals surface area contributed by atoms with Gasteiger partial charge in [-0.3, -0.25) is 24.1 Å². The van der Waals surface area contributed by atoms with Crippen molar-refractivity contribution in [3.8, 4) is 0 Å². The summed E-state index contributed by atoms with van der Waals surface area (Å²) >= 11 is 0.949. The Morgan fingerprint density at radius 2 is 1.50 bits per heavy atom. The zero-order valence-electron chi connectivity index (χ0n) is 20.1. The Morgan fingerprint density at radius 3 is 2.08 bits per heavy atom. The third-order valence-corrected chi connectivity index (χ3v) is 7.15. The standard InChI is InChI=1S/C21H29NO13S/c1-8(23)30-7-14-17(32-9(2)24)18(33-10(3)25)19(34-11(4)26)20(36-14)35-16-13(27)5-22-12(15(16)28)6-31-21(22)29/h12-20,27-28H,5-7H2,1-4H3/t12-,13-,14-,15-,16-,17-,18+,19-,20-/m1/s1. The van der Waals surface area contributed by atoms with Gasteiger partial charge in [0.05, 0.1) is 17.8 Å². The van der Waals surface area contributed by atoms with Gasteiger partial charge >= 0.3 is 30.0 Å². The van der Waals surface area contributed by atoms with Crippen LogP contribution in [0.25, 0.3) is 0 Å². The normalized spacial score (nSPS) is 35.8. The molecule has 0 aromatic carbocycles. The lowest BCUT2D eigenvalue weighted by molar-refractivity contribution is -0.209. The highest BCUT2D eigenvalue weighted by Gasteiger charge is 2.55. The van der Waals surface area contributed by atoms with E-state index in [1.165, 1.54) is 11.8 Å². The minimum Gasteiger partial charge on any atom is -0.465 e. The van der Waals surface area contributed by atoms with Crippen molar-refractivity contribution < 1.29 is 62.6 Å². The second-order valence-electron chi connectivity index (χ2n) is 8.52. The van der Waals surface area contributed by atoms with Crippen molar-refractivity contribution in [1.82, 2.24) is 4.90 Å². The van der Waals surface area contributed by atoms with Gasteiger partial charge in [-0.05, 0) is 0 Å². The lowest BCUT2D eigenvalue weighted by atomic mass is 9.95. The van der Waals surface area contributed by atoms with Crippen LogP contribution in [0.15, 0.2) is 0 Å². The summed E-state index contributed by atoms with van der Waals surface area (Å²) in [6.07, 6.45) is -8.55. The van der Waals surface area contributed by atoms with E-state index in [-0.39, 0.29) is 19.8 Å². The van der Waals surface area contributed by atoms with E-state index in [0.717, 1.165) is 32.5 Å². The van der Waals surface area contributed by atoms with Crippen molar-refractivity contribution in [1.29, 1.82) is 0 Å². The van der Waals surface area contributed by atoms with Crippen molar-refractivity contribution in [2.75, 3.05) is 19.8 Å². The van der Waals surface area contributed by atoms with E-state index in [1.54, 1.807) is 0 Å². The molecule has 0 aromatic rings. The van der Waals surface area contributed by atoms with E-state index in [1.807, 2.05) is 0 Å². The van der Waals surface area contributed by atoms with Crippen LogP contribution in [0.2, 0.25) is 0 Å². The molecular formula is C21H29NO13S. The number of fused-ring (bicyclic) bond motifs is 1. The number of carbonyl (C=O) groups excluding carboxylic acids is 5. The highest BCUT2D eigenvalue weighted by Crippen LogP contribution is 2.40. The Labute approximate surface area is 210 Å². The molecule has 0 aliphatic carbocycles. The van der Waals surface area contributed by atoms with Gasteiger partial charge in [-0.25, -0.2) is 4.79 Å². The van der Waals surface area contributed by atoms with Crippen molar-refractivity contribution in [3.63, 3.8) is 0 Å². The van der Waals surface area contributed by atoms with Crippen molar-refractivity contribution in [2.45, 2.75) is 81.0 Å². The number of ether oxygens (including phenoxy) is 6. The molecule has 1 amide bonds. The van der Waals surface area contributed by atoms with E-state index >= 15 is 0 Å². The van der Waals surface area contributed by atoms with E-state index in [9.17, 15) is 34.2 Å². The average molecular weight is 536 g/mol. The maximum atomic E-state index is 12.0. The van der Waals surface area contributed by atoms with Gasteiger partial charge in [0.15, 0.2) is 18.3 Å². The number of piperidine rings is 1. The predicted octanol–water partition coefficient (Wildman–Crippen LogP) is -1.27. The SMILES string of the molecule is CC(=O)OC[C@H]1S[C@@H](O[C@H]2[C@H](O)[C@H]3COC(=O)N3C[C@H]2O)[C@H](OC(C)=O)[C@@H](OC(C)=O)[C@@H]1OC(C)=O. The van der Waals surface area contributed by atoms with Crippen LogP contribution in [-0.4, -0.2) is 118 Å². The molecular weight excluding hydrogens is 506 g/mol. The number of nitrogens with zero attached hydrogens (tertiary/aromatic N) is 1. The van der Waals surface area contributed by atoms with Crippen LogP contribution in [0.1, 0.15) is 27.7 Å². The molecule has 14 nitrogen and oxygen atoms in total. The molecule has 9 atom stereocenters. The third-order valence-electron chi connectivity index (χ3n) is 5.75. The largest absolute Gasteiger partial charge is 0.465 e. The maximum absolute atomic E-state index is 12.0. The summed E-state index contributed by atoms with van der Waals surface area (Å²) in [6.45, 7) is 3.96. The Balaban J connectivity index is 1.93. The van der Waals surface area contributed by atoms with Crippen molar-refractivity contribution in [2.24, 2.45) is 0 Å². The minimum absolute atomic E-state index is 0.114. The zero-order valence-corrected chi connectivity index (χ0v) is 20.9. The lowest BCUT2D eigenvalue weighted by Crippen LogP contribution is -2.64. The minimum atomic E-state index is -1.37. The Hall–Kier alpha value is -2.62. The van der Waals surface area contributed by atoms with Crippen LogP contribution < -0.4 is 0 Å². The molecule has 0 saturated carbocycles. The van der Waals surface area contributed by atoms with Crippen LogP contribution in [0.4, 0.5) is 4.79 Å². The van der Waals surface area contributed by atoms with E-state index < -0.39 is 83.3 Å². The number of hydrogen-bond donors (Lipinski definition) is 2. The van der Waals surface area contributed by atoms with Crippen LogP contribution in [0.5, 0.6) is 0 Å². The van der Waals surface area contributed by atoms with Gasteiger partial charge in [0.2, 0.25) is 0 Å². The van der Waals surface area contributed by atoms with Gasteiger partial charge < -0.3 is 38.6 Å². The number of amides is 1. The van der Waals surface area contributed by atoms with Gasteiger partial charge in [0.1, 0.15) is 37.0 Å². The van der Waals surface area contributed by atoms with Crippen LogP contribution in [-0.2, 0) is 47.6 Å². The monoisotopic (exact) mass is 535 g/mol. The Morgan fingerprint density at radius 1 is 0.917 bits per heavy atom. The van der Waals surface area contributed by atoms with E-state index in [2.05, 4.69) is 0 Å². The average Bonchev–Trinajstić information content (AvgIpc) is 3.13. The first-order valence-electron chi connectivity index (χ1n) is 11.1. The van der Waals surface area contributed by atoms with Crippen LogP contribution in [0, 0.1) is 0 Å². The molecule has 3 saturated heterocycles. The molecule has 2 N–H and O–H groups in total. The summed E-state index contributed by atoms with van der Waals surface area (Å²) < 4.78 is 32.2. The van der Waals surface area contributed by atoms with Crippen molar-refractivity contribution in [3.05, 3.63) is 0 Å². The first-order valence-corrected chi connectivity index (χ1v) is 12.1. The van der Waals surface area contributed by atoms with Gasteiger partial charge in [-0.15, -0.1) is 11.8 Å². The molecule has 3 fully saturated rings. The first kappa shape index (κ1) is 28.0. The molecule has 3 aliphatic heterocycles. The fourth-order valence-corrected chi connectivity index (χ4v) is 5.75. The summed E-state index contributed by atoms with van der Waals surface area (Å²) in [4.78, 5) is 60.2. The van der Waals surface area contributed by atoms with Crippen LogP contribution >= 0.6 is 11.8 Å². The number of esters is 4. The molecule has 3 rings (SSSR count). The molecule has 0 unspecified atom stereocenters. The topological polar surface area (TPSA) is 184 Å². The van der Waals surface area contributed by atoms with Crippen molar-refractivity contribution >= 4 is 41.7 Å². The summed E-state index contributed by atoms with van der Waals surface area (Å²) in [5, 5.41) is 20.7. The number of hydrogen-bond acceptors (Lipinski definition) is 14. The van der Waals surface area contributed by atoms with Gasteiger partial charge in [0.25, 0.3) is 0 Å². The lowest BCUT2D eigenvalue weighted by Gasteiger charge is -2.47. The summed E-state index contributed by atoms with van der Waals surface area (Å²) in [6, 6.07) is -0.776. The van der Waals surface area contributed by atoms with Gasteiger partial charge in [0, 0.05) is 27.7 Å². The Kier molecular flexibility index (Phi) is 9.03. The second-order valence-corrected chi connectivity index (χ2v) is 9.87. The second kappa shape index (κ2) is 11.6. The maximum Gasteiger partial charge on any atom is 0.410 e. The molecule has 202 valence electrons. The third kappa shape index (κ3) is 6.38. The number of carbonyl (C=O) groups is 5. The first-order chi connectivity index (χ1) is 16.9. The van der Waals surface area contributed by atoms with E-state index in [0.29, 0.717) is 0 Å². The fourth-order valence-electron chi connectivity index (χ4n) is 4.33. The summed E-state index contributed by atoms with van der Waals surface area (Å²) in [7, 11) is 0. The summed E-state index contributed by atoms with van der Waals surface area (Å²) in [5.74, 6) is -2.89. The summed E-state index contributed by atoms with van der Waals surface area (Å²) in [5.41, 5.74) is -1.18. The van der Waals surface area contributed by atoms with Crippen LogP contribution in [0.3, 0.4) is 0 Å². The molecule has 3 aliphatic rings. The molecule has 36 heavy (non-hydrogen) atoms. The fraction of sp³-hybridized carbons (Fsp3) is 0.762. The molecule has 0 spiro atoms. The Bertz CT molecular complexity index is 884. The number of aliphatic hydroxyl groups is 2. The molecule has 3 heterocycles. The highest BCUT2D eigenvalue weighted by atomic mass is 32.2. The highest BCUT2D eigenvalue weighted by molar-refractivity contribution is 8.00. The predicted molar refractivity (Wildman–Crippen MR) is 117 cm³/mol. The molecule has 0 aromatic heterocycles. The number of cyclic esters (lactones) is 1. The number of rotatable bonds is 7. The zero-order chi connectivity index (χ0) is 26.7. The smallest absolute Gasteiger partial charge is 0.410 e.